The lowest BCUT2D eigenvalue weighted by Crippen LogP contribution is -2.38. The fraction of sp³-hybridized carbons (Fsp3) is 0.828. The van der Waals surface area contributed by atoms with E-state index in [1.165, 1.54) is 17.0 Å². The van der Waals surface area contributed by atoms with Gasteiger partial charge in [-0.05, 0) is 70.3 Å². The first-order valence-corrected chi connectivity index (χ1v) is 13.1. The molecule has 32 heavy (non-hydrogen) atoms. The fourth-order valence-corrected chi connectivity index (χ4v) is 5.18. The molecule has 0 bridgehead atoms. The normalized spacial score (nSPS) is 13.6. The molecule has 0 saturated carbocycles. The second-order valence-corrected chi connectivity index (χ2v) is 12.0. The maximum atomic E-state index is 14.1. The third-order valence-corrected chi connectivity index (χ3v) is 8.89. The molecule has 1 heterocycles. The number of carbonyl (C=O) groups excluding carboxylic acids is 1. The number of nitrogens with zero attached hydrogens (tertiary/aromatic N) is 2. The molecule has 0 spiro atoms. The van der Waals surface area contributed by atoms with Crippen LogP contribution in [0.25, 0.3) is 0 Å². The lowest BCUT2D eigenvalue weighted by molar-refractivity contribution is 0.0821. The van der Waals surface area contributed by atoms with E-state index in [9.17, 15) is 4.79 Å². The van der Waals surface area contributed by atoms with Crippen molar-refractivity contribution in [2.75, 3.05) is 14.1 Å². The van der Waals surface area contributed by atoms with Gasteiger partial charge in [0.05, 0.1) is 5.56 Å². The minimum absolute atomic E-state index is 0.0101. The number of rotatable bonds is 10. The minimum atomic E-state index is -0.121. The summed E-state index contributed by atoms with van der Waals surface area (Å²) in [6, 6.07) is 0. The van der Waals surface area contributed by atoms with Gasteiger partial charge in [-0.1, -0.05) is 62.3 Å². The Labute approximate surface area is 200 Å². The Morgan fingerprint density at radius 3 is 1.28 bits per heavy atom. The van der Waals surface area contributed by atoms with Gasteiger partial charge in [0.25, 0.3) is 5.91 Å². The molecule has 0 saturated heterocycles. The molecular formula is C29H54N2O. The van der Waals surface area contributed by atoms with E-state index < -0.39 is 0 Å². The van der Waals surface area contributed by atoms with Crippen LogP contribution in [0.1, 0.15) is 149 Å². The van der Waals surface area contributed by atoms with Crippen LogP contribution in [-0.4, -0.2) is 29.5 Å². The maximum absolute atomic E-state index is 14.1. The summed E-state index contributed by atoms with van der Waals surface area (Å²) < 4.78 is 2.63. The number of aromatic nitrogens is 1. The van der Waals surface area contributed by atoms with Gasteiger partial charge in [0.1, 0.15) is 0 Å². The molecule has 0 atom stereocenters. The molecule has 0 aliphatic carbocycles. The first-order valence-electron chi connectivity index (χ1n) is 13.1. The number of hydrogen-bond donors (Lipinski definition) is 0. The number of hydrogen-bond acceptors (Lipinski definition) is 1. The van der Waals surface area contributed by atoms with Crippen LogP contribution in [0.2, 0.25) is 0 Å². The van der Waals surface area contributed by atoms with Crippen molar-refractivity contribution < 1.29 is 4.79 Å². The van der Waals surface area contributed by atoms with Crippen molar-refractivity contribution in [1.29, 1.82) is 0 Å². The molecule has 1 amide bonds. The van der Waals surface area contributed by atoms with Gasteiger partial charge in [0, 0.05) is 41.9 Å². The van der Waals surface area contributed by atoms with Crippen LogP contribution in [0.15, 0.2) is 0 Å². The monoisotopic (exact) mass is 446 g/mol. The van der Waals surface area contributed by atoms with E-state index >= 15 is 0 Å². The van der Waals surface area contributed by atoms with E-state index in [-0.39, 0.29) is 27.7 Å². The summed E-state index contributed by atoms with van der Waals surface area (Å²) in [4.78, 5) is 15.8. The lowest BCUT2D eigenvalue weighted by Gasteiger charge is -2.41. The molecule has 0 radical (unpaired) electrons. The van der Waals surface area contributed by atoms with Gasteiger partial charge in [-0.2, -0.15) is 0 Å². The van der Waals surface area contributed by atoms with Crippen molar-refractivity contribution in [2.24, 2.45) is 0 Å². The Balaban J connectivity index is 4.66. The molecule has 1 aromatic rings. The Bertz CT molecular complexity index is 779. The van der Waals surface area contributed by atoms with Crippen molar-refractivity contribution in [3.05, 3.63) is 22.5 Å². The summed E-state index contributed by atoms with van der Waals surface area (Å²) in [5.74, 6) is 0.162. The van der Waals surface area contributed by atoms with Crippen LogP contribution in [0.3, 0.4) is 0 Å². The second kappa shape index (κ2) is 9.94. The van der Waals surface area contributed by atoms with E-state index in [1.807, 2.05) is 14.1 Å². The van der Waals surface area contributed by atoms with Crippen molar-refractivity contribution in [1.82, 2.24) is 9.47 Å². The zero-order valence-corrected chi connectivity index (χ0v) is 24.0. The van der Waals surface area contributed by atoms with Gasteiger partial charge in [-0.3, -0.25) is 4.79 Å². The second-order valence-electron chi connectivity index (χ2n) is 12.0. The summed E-state index contributed by atoms with van der Waals surface area (Å²) in [5, 5.41) is 0. The quantitative estimate of drug-likeness (QED) is 0.356. The molecule has 3 heteroatoms. The van der Waals surface area contributed by atoms with Crippen LogP contribution in [-0.2, 0) is 21.8 Å². The van der Waals surface area contributed by atoms with Crippen LogP contribution >= 0.6 is 0 Å². The van der Waals surface area contributed by atoms with Crippen LogP contribution in [0, 0.1) is 0 Å². The molecule has 0 fully saturated rings. The van der Waals surface area contributed by atoms with Crippen LogP contribution in [0.5, 0.6) is 0 Å². The largest absolute Gasteiger partial charge is 0.345 e. The first kappa shape index (κ1) is 28.8. The zero-order valence-electron chi connectivity index (χ0n) is 24.0. The molecule has 1 rings (SSSR count). The molecule has 0 aromatic carbocycles. The smallest absolute Gasteiger partial charge is 0.255 e. The highest BCUT2D eigenvalue weighted by atomic mass is 16.2. The van der Waals surface area contributed by atoms with E-state index in [1.54, 1.807) is 4.90 Å². The molecule has 1 aromatic heterocycles. The number of amides is 1. The van der Waals surface area contributed by atoms with Gasteiger partial charge in [-0.25, -0.2) is 0 Å². The Kier molecular flexibility index (Phi) is 8.94. The van der Waals surface area contributed by atoms with Crippen LogP contribution in [0.4, 0.5) is 0 Å². The number of carbonyl (C=O) groups is 1. The molecule has 3 nitrogen and oxygen atoms in total. The van der Waals surface area contributed by atoms with Crippen molar-refractivity contribution in [3.8, 4) is 0 Å². The highest BCUT2D eigenvalue weighted by Crippen LogP contribution is 2.51. The molecule has 186 valence electrons. The van der Waals surface area contributed by atoms with Crippen molar-refractivity contribution in [3.63, 3.8) is 0 Å². The highest BCUT2D eigenvalue weighted by Gasteiger charge is 2.47. The molecule has 0 N–H and O–H groups in total. The average Bonchev–Trinajstić information content (AvgIpc) is 3.15. The minimum Gasteiger partial charge on any atom is -0.345 e. The SMILES string of the molecule is CCC(C)(CC)c1c(C(=O)N(C)C)c(C(C)(CC)CC)n(C(C)(C)C)c1C(C)(CC)CC. The predicted molar refractivity (Wildman–Crippen MR) is 141 cm³/mol. The van der Waals surface area contributed by atoms with Crippen molar-refractivity contribution >= 4 is 5.91 Å². The van der Waals surface area contributed by atoms with Crippen molar-refractivity contribution in [2.45, 2.75) is 143 Å². The molecule has 0 aliphatic heterocycles. The summed E-state index contributed by atoms with van der Waals surface area (Å²) in [6.45, 7) is 27.9. The summed E-state index contributed by atoms with van der Waals surface area (Å²) in [5.41, 5.74) is 4.77. The van der Waals surface area contributed by atoms with Gasteiger partial charge >= 0.3 is 0 Å². The predicted octanol–water partition coefficient (Wildman–Crippen LogP) is 8.18. The Hall–Kier alpha value is -1.25. The zero-order chi connectivity index (χ0) is 25.3. The summed E-state index contributed by atoms with van der Waals surface area (Å²) in [6.07, 6.45) is 6.20. The summed E-state index contributed by atoms with van der Waals surface area (Å²) in [7, 11) is 3.82. The Morgan fingerprint density at radius 1 is 0.656 bits per heavy atom. The third kappa shape index (κ3) is 4.68. The highest BCUT2D eigenvalue weighted by molar-refractivity contribution is 5.98. The van der Waals surface area contributed by atoms with Gasteiger partial charge in [-0.15, -0.1) is 0 Å². The van der Waals surface area contributed by atoms with E-state index in [4.69, 9.17) is 0 Å². The molecule has 0 unspecified atom stereocenters. The van der Waals surface area contributed by atoms with E-state index in [0.29, 0.717) is 0 Å². The van der Waals surface area contributed by atoms with E-state index in [2.05, 4.69) is 87.7 Å². The topological polar surface area (TPSA) is 25.2 Å². The summed E-state index contributed by atoms with van der Waals surface area (Å²) >= 11 is 0. The fourth-order valence-electron chi connectivity index (χ4n) is 5.18. The molecule has 0 aliphatic rings. The third-order valence-electron chi connectivity index (χ3n) is 8.89. The molecular weight excluding hydrogens is 392 g/mol. The first-order chi connectivity index (χ1) is 14.6. The van der Waals surface area contributed by atoms with E-state index in [0.717, 1.165) is 44.1 Å². The maximum Gasteiger partial charge on any atom is 0.255 e. The average molecular weight is 447 g/mol. The van der Waals surface area contributed by atoms with Crippen LogP contribution < -0.4 is 0 Å². The van der Waals surface area contributed by atoms with Gasteiger partial charge in [0.2, 0.25) is 0 Å². The Morgan fingerprint density at radius 2 is 1.00 bits per heavy atom. The lowest BCUT2D eigenvalue weighted by atomic mass is 9.68. The van der Waals surface area contributed by atoms with Gasteiger partial charge in [0.15, 0.2) is 0 Å². The van der Waals surface area contributed by atoms with Gasteiger partial charge < -0.3 is 9.47 Å². The standard InChI is InChI=1S/C29H54N2O/c1-15-27(10,16-2)22-21(25(32)30(13)14)23(28(11,17-3)18-4)31(26(7,8)9)24(22)29(12,19-5)20-6/h15-20H2,1-14H3.